The van der Waals surface area contributed by atoms with Crippen molar-refractivity contribution in [2.24, 2.45) is 0 Å². The fourth-order valence-electron chi connectivity index (χ4n) is 1.96. The number of amides is 1. The molecule has 0 aliphatic rings. The summed E-state index contributed by atoms with van der Waals surface area (Å²) in [5, 5.41) is 2.93. The van der Waals surface area contributed by atoms with E-state index < -0.39 is 17.5 Å². The van der Waals surface area contributed by atoms with E-state index in [4.69, 9.17) is 0 Å². The third kappa shape index (κ3) is 3.73. The highest BCUT2D eigenvalue weighted by atomic mass is 79.9. The normalized spacial score (nSPS) is 11.0. The second-order valence-electron chi connectivity index (χ2n) is 4.93. The number of thioether (sulfide) groups is 1. The summed E-state index contributed by atoms with van der Waals surface area (Å²) in [6.07, 6.45) is 0. The number of halogens is 3. The first kappa shape index (κ1) is 16.8. The Balaban J connectivity index is 1.65. The number of H-pyrrole nitrogens is 1. The molecule has 5 nitrogen and oxygen atoms in total. The third-order valence-corrected chi connectivity index (χ3v) is 4.80. The molecule has 0 unspecified atom stereocenters. The summed E-state index contributed by atoms with van der Waals surface area (Å²) in [7, 11) is 0. The predicted molar refractivity (Wildman–Crippen MR) is 92.0 cm³/mol. The molecule has 2 N–H and O–H groups in total. The summed E-state index contributed by atoms with van der Waals surface area (Å²) in [4.78, 5) is 23.6. The smallest absolute Gasteiger partial charge is 0.234 e. The maximum atomic E-state index is 13.5. The van der Waals surface area contributed by atoms with Crippen LogP contribution in [-0.4, -0.2) is 26.6 Å². The molecule has 124 valence electrons. The number of carbonyl (C=O) groups is 1. The lowest BCUT2D eigenvalue weighted by molar-refractivity contribution is -0.113. The SMILES string of the molecule is Cc1nc2nc(SCC(=O)Nc3ccc(F)cc3F)[nH]c2cc1Br. The van der Waals surface area contributed by atoms with Crippen LogP contribution < -0.4 is 5.32 Å². The van der Waals surface area contributed by atoms with E-state index in [1.54, 1.807) is 0 Å². The summed E-state index contributed by atoms with van der Waals surface area (Å²) >= 11 is 4.56. The van der Waals surface area contributed by atoms with E-state index in [-0.39, 0.29) is 11.4 Å². The number of fused-ring (bicyclic) bond motifs is 1. The molecule has 0 aliphatic heterocycles. The molecule has 3 rings (SSSR count). The standard InChI is InChI=1S/C15H11BrF2N4OS/c1-7-9(16)5-12-14(19-7)22-15(21-12)24-6-13(23)20-11-3-2-8(17)4-10(11)18/h2-5H,6H2,1H3,(H,20,23)(H,19,21,22). The summed E-state index contributed by atoms with van der Waals surface area (Å²) < 4.78 is 27.2. The average Bonchev–Trinajstić information content (AvgIpc) is 2.90. The number of hydrogen-bond acceptors (Lipinski definition) is 4. The summed E-state index contributed by atoms with van der Waals surface area (Å²) in [6, 6.07) is 4.84. The van der Waals surface area contributed by atoms with Gasteiger partial charge in [-0.3, -0.25) is 4.79 Å². The van der Waals surface area contributed by atoms with Gasteiger partial charge in [-0.15, -0.1) is 0 Å². The number of hydrogen-bond donors (Lipinski definition) is 2. The van der Waals surface area contributed by atoms with Crippen molar-refractivity contribution in [2.75, 3.05) is 11.1 Å². The molecule has 0 spiro atoms. The van der Waals surface area contributed by atoms with Gasteiger partial charge in [-0.2, -0.15) is 0 Å². The maximum absolute atomic E-state index is 13.5. The number of pyridine rings is 1. The zero-order valence-corrected chi connectivity index (χ0v) is 14.8. The molecule has 3 aromatic rings. The van der Waals surface area contributed by atoms with Crippen LogP contribution in [0, 0.1) is 18.6 Å². The van der Waals surface area contributed by atoms with Crippen molar-refractivity contribution in [3.8, 4) is 0 Å². The Kier molecular flexibility index (Phi) is 4.81. The Morgan fingerprint density at radius 3 is 2.88 bits per heavy atom. The molecule has 1 aromatic carbocycles. The number of nitrogens with one attached hydrogen (secondary N) is 2. The minimum Gasteiger partial charge on any atom is -0.331 e. The number of aromatic amines is 1. The Morgan fingerprint density at radius 2 is 2.12 bits per heavy atom. The Bertz CT molecular complexity index is 892. The van der Waals surface area contributed by atoms with E-state index in [2.05, 4.69) is 36.2 Å². The van der Waals surface area contributed by atoms with Crippen molar-refractivity contribution in [3.05, 3.63) is 46.1 Å². The maximum Gasteiger partial charge on any atom is 0.234 e. The molecule has 1 amide bonds. The molecule has 0 fully saturated rings. The molecule has 0 bridgehead atoms. The Labute approximate surface area is 148 Å². The van der Waals surface area contributed by atoms with Crippen molar-refractivity contribution in [2.45, 2.75) is 12.1 Å². The van der Waals surface area contributed by atoms with E-state index in [9.17, 15) is 13.6 Å². The molecule has 24 heavy (non-hydrogen) atoms. The molecule has 0 aliphatic carbocycles. The van der Waals surface area contributed by atoms with Crippen LogP contribution in [0.25, 0.3) is 11.2 Å². The van der Waals surface area contributed by atoms with Crippen LogP contribution in [0.5, 0.6) is 0 Å². The number of nitrogens with zero attached hydrogens (tertiary/aromatic N) is 2. The van der Waals surface area contributed by atoms with E-state index in [1.165, 1.54) is 6.07 Å². The molecule has 0 saturated heterocycles. The highest BCUT2D eigenvalue weighted by Crippen LogP contribution is 2.23. The number of rotatable bonds is 4. The molecule has 0 radical (unpaired) electrons. The number of imidazole rings is 1. The third-order valence-electron chi connectivity index (χ3n) is 3.13. The highest BCUT2D eigenvalue weighted by molar-refractivity contribution is 9.10. The lowest BCUT2D eigenvalue weighted by Crippen LogP contribution is -2.15. The molecule has 0 atom stereocenters. The van der Waals surface area contributed by atoms with Gasteiger partial charge in [0.25, 0.3) is 0 Å². The minimum atomic E-state index is -0.818. The van der Waals surface area contributed by atoms with Gasteiger partial charge in [-0.1, -0.05) is 11.8 Å². The molecular formula is C15H11BrF2N4OS. The van der Waals surface area contributed by atoms with Gasteiger partial charge in [0.1, 0.15) is 11.6 Å². The second kappa shape index (κ2) is 6.86. The van der Waals surface area contributed by atoms with Gasteiger partial charge in [-0.25, -0.2) is 18.7 Å². The largest absolute Gasteiger partial charge is 0.331 e. The van der Waals surface area contributed by atoms with E-state index in [0.29, 0.717) is 16.9 Å². The fraction of sp³-hybridized carbons (Fsp3) is 0.133. The topological polar surface area (TPSA) is 70.7 Å². The van der Waals surface area contributed by atoms with Crippen LogP contribution in [0.3, 0.4) is 0 Å². The van der Waals surface area contributed by atoms with E-state index in [0.717, 1.165) is 33.5 Å². The predicted octanol–water partition coefficient (Wildman–Crippen LogP) is 4.04. The molecular weight excluding hydrogens is 402 g/mol. The van der Waals surface area contributed by atoms with Crippen LogP contribution in [0.2, 0.25) is 0 Å². The van der Waals surface area contributed by atoms with Crippen LogP contribution in [0.15, 0.2) is 33.9 Å². The fourth-order valence-corrected chi connectivity index (χ4v) is 2.95. The first-order valence-electron chi connectivity index (χ1n) is 6.83. The number of carbonyl (C=O) groups excluding carboxylic acids is 1. The summed E-state index contributed by atoms with van der Waals surface area (Å²) in [5.41, 5.74) is 2.06. The van der Waals surface area contributed by atoms with Crippen LogP contribution in [-0.2, 0) is 4.79 Å². The van der Waals surface area contributed by atoms with Crippen molar-refractivity contribution < 1.29 is 13.6 Å². The highest BCUT2D eigenvalue weighted by Gasteiger charge is 2.11. The van der Waals surface area contributed by atoms with E-state index >= 15 is 0 Å². The lowest BCUT2D eigenvalue weighted by Gasteiger charge is -2.05. The number of aryl methyl sites for hydroxylation is 1. The van der Waals surface area contributed by atoms with Crippen molar-refractivity contribution in [1.82, 2.24) is 15.0 Å². The summed E-state index contributed by atoms with van der Waals surface area (Å²) in [5.74, 6) is -1.91. The second-order valence-corrected chi connectivity index (χ2v) is 6.75. The number of aromatic nitrogens is 3. The van der Waals surface area contributed by atoms with Crippen molar-refractivity contribution >= 4 is 50.5 Å². The monoisotopic (exact) mass is 412 g/mol. The lowest BCUT2D eigenvalue weighted by atomic mass is 10.3. The first-order valence-corrected chi connectivity index (χ1v) is 8.61. The van der Waals surface area contributed by atoms with Crippen LogP contribution in [0.4, 0.5) is 14.5 Å². The number of benzene rings is 1. The van der Waals surface area contributed by atoms with Gasteiger partial charge in [-0.05, 0) is 41.1 Å². The quantitative estimate of drug-likeness (QED) is 0.634. The van der Waals surface area contributed by atoms with Gasteiger partial charge >= 0.3 is 0 Å². The minimum absolute atomic E-state index is 0.0246. The van der Waals surface area contributed by atoms with Gasteiger partial charge < -0.3 is 10.3 Å². The molecule has 9 heteroatoms. The summed E-state index contributed by atoms with van der Waals surface area (Å²) in [6.45, 7) is 1.86. The zero-order valence-electron chi connectivity index (χ0n) is 12.4. The average molecular weight is 413 g/mol. The van der Waals surface area contributed by atoms with E-state index in [1.807, 2.05) is 13.0 Å². The molecule has 0 saturated carbocycles. The van der Waals surface area contributed by atoms with Crippen LogP contribution in [0.1, 0.15) is 5.69 Å². The Morgan fingerprint density at radius 1 is 1.33 bits per heavy atom. The number of anilines is 1. The van der Waals surface area contributed by atoms with Crippen molar-refractivity contribution in [1.29, 1.82) is 0 Å². The van der Waals surface area contributed by atoms with Gasteiger partial charge in [0, 0.05) is 10.5 Å². The molecule has 2 heterocycles. The molecule has 2 aromatic heterocycles. The van der Waals surface area contributed by atoms with Gasteiger partial charge in [0.15, 0.2) is 10.8 Å². The first-order chi connectivity index (χ1) is 11.4. The zero-order chi connectivity index (χ0) is 17.3. The van der Waals surface area contributed by atoms with Crippen LogP contribution >= 0.6 is 27.7 Å². The Hall–Kier alpha value is -2.00. The van der Waals surface area contributed by atoms with Gasteiger partial charge in [0.05, 0.1) is 22.7 Å². The van der Waals surface area contributed by atoms with Crippen molar-refractivity contribution in [3.63, 3.8) is 0 Å². The van der Waals surface area contributed by atoms with Gasteiger partial charge in [0.2, 0.25) is 5.91 Å².